The van der Waals surface area contributed by atoms with Crippen LogP contribution in [0, 0.1) is 0 Å². The predicted molar refractivity (Wildman–Crippen MR) is 86.1 cm³/mol. The smallest absolute Gasteiger partial charge is 0.127 e. The quantitative estimate of drug-likeness (QED) is 0.838. The molecule has 1 aliphatic rings. The van der Waals surface area contributed by atoms with E-state index in [9.17, 15) is 0 Å². The van der Waals surface area contributed by atoms with Crippen molar-refractivity contribution in [1.82, 2.24) is 10.2 Å². The van der Waals surface area contributed by atoms with Crippen molar-refractivity contribution in [3.63, 3.8) is 0 Å². The van der Waals surface area contributed by atoms with Crippen molar-refractivity contribution < 1.29 is 9.47 Å². The zero-order valence-corrected chi connectivity index (χ0v) is 13.5. The summed E-state index contributed by atoms with van der Waals surface area (Å²) in [4.78, 5) is 2.48. The maximum atomic E-state index is 5.50. The fraction of sp³-hybridized carbons (Fsp3) is 0.647. The SMILES string of the molecule is CCN(Cc1ccc(OC)cc1OC)CC1CCCCN1. The first-order valence-electron chi connectivity index (χ1n) is 7.93. The average Bonchev–Trinajstić information content (AvgIpc) is 2.55. The van der Waals surface area contributed by atoms with E-state index in [1.54, 1.807) is 14.2 Å². The molecule has 0 amide bonds. The van der Waals surface area contributed by atoms with E-state index in [0.29, 0.717) is 6.04 Å². The van der Waals surface area contributed by atoms with Crippen LogP contribution in [0.15, 0.2) is 18.2 Å². The maximum absolute atomic E-state index is 5.50. The van der Waals surface area contributed by atoms with Crippen molar-refractivity contribution in [3.05, 3.63) is 23.8 Å². The van der Waals surface area contributed by atoms with E-state index < -0.39 is 0 Å². The predicted octanol–water partition coefficient (Wildman–Crippen LogP) is 2.67. The van der Waals surface area contributed by atoms with E-state index in [0.717, 1.165) is 37.7 Å². The fourth-order valence-electron chi connectivity index (χ4n) is 2.92. The number of ether oxygens (including phenoxy) is 2. The van der Waals surface area contributed by atoms with E-state index in [-0.39, 0.29) is 0 Å². The summed E-state index contributed by atoms with van der Waals surface area (Å²) in [6.45, 7) is 6.45. The highest BCUT2D eigenvalue weighted by atomic mass is 16.5. The molecule has 4 nitrogen and oxygen atoms in total. The number of likely N-dealkylation sites (N-methyl/N-ethyl adjacent to an activating group) is 1. The van der Waals surface area contributed by atoms with E-state index in [4.69, 9.17) is 9.47 Å². The summed E-state index contributed by atoms with van der Waals surface area (Å²) >= 11 is 0. The van der Waals surface area contributed by atoms with Crippen LogP contribution < -0.4 is 14.8 Å². The summed E-state index contributed by atoms with van der Waals surface area (Å²) in [5.74, 6) is 1.75. The summed E-state index contributed by atoms with van der Waals surface area (Å²) in [6, 6.07) is 6.70. The molecule has 1 aliphatic heterocycles. The van der Waals surface area contributed by atoms with Gasteiger partial charge in [-0.05, 0) is 32.0 Å². The molecule has 1 aromatic carbocycles. The highest BCUT2D eigenvalue weighted by Crippen LogP contribution is 2.26. The van der Waals surface area contributed by atoms with Gasteiger partial charge in [-0.3, -0.25) is 4.90 Å². The van der Waals surface area contributed by atoms with Crippen LogP contribution >= 0.6 is 0 Å². The minimum absolute atomic E-state index is 0.628. The van der Waals surface area contributed by atoms with Crippen molar-refractivity contribution in [3.8, 4) is 11.5 Å². The van der Waals surface area contributed by atoms with Crippen molar-refractivity contribution in [2.45, 2.75) is 38.8 Å². The van der Waals surface area contributed by atoms with E-state index in [2.05, 4.69) is 23.2 Å². The number of hydrogen-bond donors (Lipinski definition) is 1. The lowest BCUT2D eigenvalue weighted by molar-refractivity contribution is 0.224. The zero-order valence-electron chi connectivity index (χ0n) is 13.5. The van der Waals surface area contributed by atoms with E-state index >= 15 is 0 Å². The maximum Gasteiger partial charge on any atom is 0.127 e. The number of rotatable bonds is 7. The lowest BCUT2D eigenvalue weighted by Gasteiger charge is -2.30. The molecule has 4 heteroatoms. The topological polar surface area (TPSA) is 33.7 Å². The molecule has 1 saturated heterocycles. The molecular weight excluding hydrogens is 264 g/mol. The summed E-state index contributed by atoms with van der Waals surface area (Å²) in [7, 11) is 3.40. The molecule has 1 N–H and O–H groups in total. The highest BCUT2D eigenvalue weighted by Gasteiger charge is 2.17. The van der Waals surface area contributed by atoms with E-state index in [1.165, 1.54) is 24.8 Å². The Morgan fingerprint density at radius 3 is 2.71 bits per heavy atom. The van der Waals surface area contributed by atoms with Crippen LogP contribution in [0.25, 0.3) is 0 Å². The molecule has 0 aromatic heterocycles. The second-order valence-electron chi connectivity index (χ2n) is 5.65. The number of piperidine rings is 1. The van der Waals surface area contributed by atoms with Crippen LogP contribution in [0.1, 0.15) is 31.7 Å². The molecular formula is C17H28N2O2. The van der Waals surface area contributed by atoms with Crippen LogP contribution in [0.5, 0.6) is 11.5 Å². The Bertz CT molecular complexity index is 431. The molecule has 0 saturated carbocycles. The first kappa shape index (κ1) is 16.1. The minimum Gasteiger partial charge on any atom is -0.497 e. The summed E-state index contributed by atoms with van der Waals surface area (Å²) in [6.07, 6.45) is 3.95. The Kier molecular flexibility index (Phi) is 6.33. The molecule has 1 unspecified atom stereocenters. The van der Waals surface area contributed by atoms with Crippen LogP contribution in [0.3, 0.4) is 0 Å². The van der Waals surface area contributed by atoms with Crippen molar-refractivity contribution >= 4 is 0 Å². The molecule has 0 spiro atoms. The zero-order chi connectivity index (χ0) is 15.1. The normalized spacial score (nSPS) is 18.8. The minimum atomic E-state index is 0.628. The van der Waals surface area contributed by atoms with Crippen molar-refractivity contribution in [2.75, 3.05) is 33.9 Å². The molecule has 0 bridgehead atoms. The van der Waals surface area contributed by atoms with Gasteiger partial charge in [0.2, 0.25) is 0 Å². The summed E-state index contributed by atoms with van der Waals surface area (Å²) < 4.78 is 10.8. The Labute approximate surface area is 128 Å². The molecule has 2 rings (SSSR count). The number of hydrogen-bond acceptors (Lipinski definition) is 4. The first-order valence-corrected chi connectivity index (χ1v) is 7.93. The van der Waals surface area contributed by atoms with Gasteiger partial charge in [-0.1, -0.05) is 19.4 Å². The monoisotopic (exact) mass is 292 g/mol. The average molecular weight is 292 g/mol. The third kappa shape index (κ3) is 4.61. The van der Waals surface area contributed by atoms with Crippen molar-refractivity contribution in [2.24, 2.45) is 0 Å². The fourth-order valence-corrected chi connectivity index (χ4v) is 2.92. The first-order chi connectivity index (χ1) is 10.3. The molecule has 1 aromatic rings. The van der Waals surface area contributed by atoms with Gasteiger partial charge in [-0.25, -0.2) is 0 Å². The third-order valence-electron chi connectivity index (χ3n) is 4.23. The van der Waals surface area contributed by atoms with Gasteiger partial charge in [0.25, 0.3) is 0 Å². The van der Waals surface area contributed by atoms with Gasteiger partial charge in [0, 0.05) is 30.8 Å². The number of methoxy groups -OCH3 is 2. The number of nitrogens with one attached hydrogen (secondary N) is 1. The summed E-state index contributed by atoms with van der Waals surface area (Å²) in [5.41, 5.74) is 1.22. The van der Waals surface area contributed by atoms with E-state index in [1.807, 2.05) is 12.1 Å². The summed E-state index contributed by atoms with van der Waals surface area (Å²) in [5, 5.41) is 3.62. The van der Waals surface area contributed by atoms with Crippen LogP contribution in [-0.2, 0) is 6.54 Å². The van der Waals surface area contributed by atoms with Gasteiger partial charge in [0.15, 0.2) is 0 Å². The highest BCUT2D eigenvalue weighted by molar-refractivity contribution is 5.40. The molecule has 0 radical (unpaired) electrons. The Morgan fingerprint density at radius 2 is 2.10 bits per heavy atom. The molecule has 1 atom stereocenters. The number of benzene rings is 1. The lowest BCUT2D eigenvalue weighted by atomic mass is 10.0. The largest absolute Gasteiger partial charge is 0.497 e. The Hall–Kier alpha value is -1.26. The molecule has 1 heterocycles. The molecule has 1 fully saturated rings. The van der Waals surface area contributed by atoms with Gasteiger partial charge in [0.05, 0.1) is 14.2 Å². The van der Waals surface area contributed by atoms with Gasteiger partial charge in [-0.2, -0.15) is 0 Å². The standard InChI is InChI=1S/C17H28N2O2/c1-4-19(13-15-7-5-6-10-18-15)12-14-8-9-16(20-2)11-17(14)21-3/h8-9,11,15,18H,4-7,10,12-13H2,1-3H3. The molecule has 21 heavy (non-hydrogen) atoms. The van der Waals surface area contributed by atoms with Crippen LogP contribution in [0.2, 0.25) is 0 Å². The van der Waals surface area contributed by atoms with Crippen molar-refractivity contribution in [1.29, 1.82) is 0 Å². The van der Waals surface area contributed by atoms with Crippen LogP contribution in [0.4, 0.5) is 0 Å². The second kappa shape index (κ2) is 8.25. The molecule has 118 valence electrons. The van der Waals surface area contributed by atoms with Crippen LogP contribution in [-0.4, -0.2) is 44.8 Å². The Morgan fingerprint density at radius 1 is 1.24 bits per heavy atom. The second-order valence-corrected chi connectivity index (χ2v) is 5.65. The molecule has 0 aliphatic carbocycles. The van der Waals surface area contributed by atoms with Gasteiger partial charge >= 0.3 is 0 Å². The Balaban J connectivity index is 2.00. The third-order valence-corrected chi connectivity index (χ3v) is 4.23. The lowest BCUT2D eigenvalue weighted by Crippen LogP contribution is -2.43. The van der Waals surface area contributed by atoms with Gasteiger partial charge < -0.3 is 14.8 Å². The number of nitrogens with zero attached hydrogens (tertiary/aromatic N) is 1. The van der Waals surface area contributed by atoms with Gasteiger partial charge in [-0.15, -0.1) is 0 Å². The van der Waals surface area contributed by atoms with Gasteiger partial charge in [0.1, 0.15) is 11.5 Å².